The number of aromatic nitrogens is 1. The zero-order chi connectivity index (χ0) is 15.5. The summed E-state index contributed by atoms with van der Waals surface area (Å²) in [7, 11) is 2.05. The van der Waals surface area contributed by atoms with Crippen molar-refractivity contribution in [3.8, 4) is 0 Å². The fraction of sp³-hybridized carbons (Fsp3) is 0.737. The van der Waals surface area contributed by atoms with E-state index in [1.807, 2.05) is 18.8 Å². The summed E-state index contributed by atoms with van der Waals surface area (Å²) in [4.78, 5) is 12.7. The van der Waals surface area contributed by atoms with Gasteiger partial charge in [0, 0.05) is 28.7 Å². The van der Waals surface area contributed by atoms with Crippen LogP contribution in [0.4, 0.5) is 0 Å². The molecule has 0 radical (unpaired) electrons. The van der Waals surface area contributed by atoms with Crippen LogP contribution >= 0.6 is 11.8 Å². The molecule has 0 saturated heterocycles. The van der Waals surface area contributed by atoms with E-state index in [1.54, 1.807) is 0 Å². The zero-order valence-electron chi connectivity index (χ0n) is 14.0. The van der Waals surface area contributed by atoms with Crippen molar-refractivity contribution >= 4 is 17.5 Å². The highest BCUT2D eigenvalue weighted by Crippen LogP contribution is 2.60. The number of hydrogen-bond acceptors (Lipinski definition) is 2. The molecular formula is C19H27NOS. The molecule has 3 heteroatoms. The summed E-state index contributed by atoms with van der Waals surface area (Å²) < 4.78 is 2.57. The molecule has 4 fully saturated rings. The first-order valence-electron chi connectivity index (χ1n) is 8.76. The number of nitrogens with zero attached hydrogens (tertiary/aromatic N) is 1. The molecule has 0 unspecified atom stereocenters. The Morgan fingerprint density at radius 1 is 1.18 bits per heavy atom. The number of rotatable bonds is 4. The summed E-state index contributed by atoms with van der Waals surface area (Å²) >= 11 is 2.00. The largest absolute Gasteiger partial charge is 0.351 e. The lowest BCUT2D eigenvalue weighted by molar-refractivity contribution is 0.0383. The smallest absolute Gasteiger partial charge is 0.174 e. The fourth-order valence-corrected chi connectivity index (χ4v) is 7.30. The molecule has 4 aliphatic rings. The molecule has 22 heavy (non-hydrogen) atoms. The molecule has 0 atom stereocenters. The number of hydrogen-bond donors (Lipinski definition) is 0. The molecule has 0 aromatic carbocycles. The molecule has 5 rings (SSSR count). The monoisotopic (exact) mass is 317 g/mol. The van der Waals surface area contributed by atoms with Gasteiger partial charge in [-0.15, -0.1) is 11.8 Å². The van der Waals surface area contributed by atoms with Gasteiger partial charge >= 0.3 is 0 Å². The predicted octanol–water partition coefficient (Wildman–Crippen LogP) is 4.53. The van der Waals surface area contributed by atoms with Gasteiger partial charge in [-0.1, -0.05) is 0 Å². The van der Waals surface area contributed by atoms with Crippen molar-refractivity contribution in [2.45, 2.75) is 57.1 Å². The van der Waals surface area contributed by atoms with E-state index < -0.39 is 0 Å². The van der Waals surface area contributed by atoms with Gasteiger partial charge in [0.2, 0.25) is 0 Å². The van der Waals surface area contributed by atoms with Crippen molar-refractivity contribution in [1.29, 1.82) is 0 Å². The maximum atomic E-state index is 12.7. The van der Waals surface area contributed by atoms with Crippen LogP contribution in [0.15, 0.2) is 6.07 Å². The van der Waals surface area contributed by atoms with Gasteiger partial charge in [0.15, 0.2) is 5.78 Å². The molecule has 1 aromatic rings. The number of aryl methyl sites for hydroxylation is 1. The predicted molar refractivity (Wildman–Crippen MR) is 92.6 cm³/mol. The summed E-state index contributed by atoms with van der Waals surface area (Å²) in [5.41, 5.74) is 3.24. The number of thioether (sulfide) groups is 1. The second-order valence-corrected chi connectivity index (χ2v) is 9.60. The van der Waals surface area contributed by atoms with Crippen LogP contribution in [0, 0.1) is 31.6 Å². The Balaban J connectivity index is 1.46. The van der Waals surface area contributed by atoms with E-state index >= 15 is 0 Å². The molecule has 4 aliphatic carbocycles. The van der Waals surface area contributed by atoms with Crippen molar-refractivity contribution < 1.29 is 4.79 Å². The average Bonchev–Trinajstić information content (AvgIpc) is 2.71. The summed E-state index contributed by atoms with van der Waals surface area (Å²) in [6.07, 6.45) is 8.57. The van der Waals surface area contributed by atoms with E-state index in [1.165, 1.54) is 44.2 Å². The van der Waals surface area contributed by atoms with Crippen LogP contribution in [0.2, 0.25) is 0 Å². The normalized spacial score (nSPS) is 36.0. The van der Waals surface area contributed by atoms with Crippen LogP contribution in [-0.2, 0) is 7.05 Å². The van der Waals surface area contributed by atoms with Crippen LogP contribution in [-0.4, -0.2) is 20.9 Å². The second-order valence-electron chi connectivity index (χ2n) is 8.16. The van der Waals surface area contributed by atoms with Gasteiger partial charge in [-0.05, 0) is 76.2 Å². The number of ketones is 1. The SMILES string of the molecule is Cc1cc(C(=O)CSC23CC4CC(CC(C4)C2)C3)c(C)n1C. The third kappa shape index (κ3) is 2.36. The molecule has 1 heterocycles. The first-order valence-corrected chi connectivity index (χ1v) is 9.74. The Labute approximate surface area is 138 Å². The summed E-state index contributed by atoms with van der Waals surface area (Å²) in [6, 6.07) is 2.07. The standard InChI is InChI=1S/C19H27NOS/c1-12-4-17(13(2)20(12)3)18(21)11-22-19-8-14-5-15(9-19)7-16(6-14)10-19/h4,14-16H,5-11H2,1-3H3. The minimum Gasteiger partial charge on any atom is -0.351 e. The van der Waals surface area contributed by atoms with E-state index in [-0.39, 0.29) is 0 Å². The van der Waals surface area contributed by atoms with Gasteiger partial charge in [-0.2, -0.15) is 0 Å². The third-order valence-corrected chi connectivity index (χ3v) is 8.09. The molecule has 2 nitrogen and oxygen atoms in total. The lowest BCUT2D eigenvalue weighted by Crippen LogP contribution is -2.48. The summed E-state index contributed by atoms with van der Waals surface area (Å²) in [6.45, 7) is 4.14. The van der Waals surface area contributed by atoms with E-state index in [0.717, 1.165) is 29.0 Å². The van der Waals surface area contributed by atoms with Crippen molar-refractivity contribution in [2.75, 3.05) is 5.75 Å². The molecule has 4 saturated carbocycles. The molecule has 0 spiro atoms. The Bertz CT molecular complexity index is 580. The Morgan fingerprint density at radius 2 is 1.73 bits per heavy atom. The fourth-order valence-electron chi connectivity index (χ4n) is 5.64. The lowest BCUT2D eigenvalue weighted by atomic mass is 9.56. The molecule has 4 bridgehead atoms. The van der Waals surface area contributed by atoms with Crippen molar-refractivity contribution in [3.63, 3.8) is 0 Å². The Hall–Kier alpha value is -0.700. The highest BCUT2D eigenvalue weighted by Gasteiger charge is 2.51. The number of carbonyl (C=O) groups excluding carboxylic acids is 1. The molecule has 0 amide bonds. The highest BCUT2D eigenvalue weighted by molar-refractivity contribution is 8.01. The van der Waals surface area contributed by atoms with Crippen LogP contribution in [0.3, 0.4) is 0 Å². The number of carbonyl (C=O) groups is 1. The molecule has 1 aromatic heterocycles. The highest BCUT2D eigenvalue weighted by atomic mass is 32.2. The summed E-state index contributed by atoms with van der Waals surface area (Å²) in [5.74, 6) is 3.91. The Kier molecular flexibility index (Phi) is 3.48. The minimum atomic E-state index is 0.335. The van der Waals surface area contributed by atoms with E-state index in [2.05, 4.69) is 24.5 Å². The minimum absolute atomic E-state index is 0.335. The quantitative estimate of drug-likeness (QED) is 0.761. The zero-order valence-corrected chi connectivity index (χ0v) is 14.8. The lowest BCUT2D eigenvalue weighted by Gasteiger charge is -2.56. The van der Waals surface area contributed by atoms with Crippen LogP contribution in [0.25, 0.3) is 0 Å². The molecule has 0 N–H and O–H groups in total. The summed E-state index contributed by atoms with van der Waals surface area (Å²) in [5, 5.41) is 0. The van der Waals surface area contributed by atoms with Crippen molar-refractivity contribution in [3.05, 3.63) is 23.0 Å². The van der Waals surface area contributed by atoms with Gasteiger partial charge < -0.3 is 4.57 Å². The Morgan fingerprint density at radius 3 is 2.18 bits per heavy atom. The molecular weight excluding hydrogens is 290 g/mol. The van der Waals surface area contributed by atoms with Crippen molar-refractivity contribution in [2.24, 2.45) is 24.8 Å². The first-order chi connectivity index (χ1) is 10.5. The van der Waals surface area contributed by atoms with Gasteiger partial charge in [-0.25, -0.2) is 0 Å². The third-order valence-electron chi connectivity index (χ3n) is 6.57. The van der Waals surface area contributed by atoms with Gasteiger partial charge in [0.05, 0.1) is 5.75 Å². The maximum absolute atomic E-state index is 12.7. The van der Waals surface area contributed by atoms with Crippen molar-refractivity contribution in [1.82, 2.24) is 4.57 Å². The average molecular weight is 317 g/mol. The topological polar surface area (TPSA) is 22.0 Å². The van der Waals surface area contributed by atoms with Gasteiger partial charge in [0.25, 0.3) is 0 Å². The van der Waals surface area contributed by atoms with E-state index in [4.69, 9.17) is 0 Å². The van der Waals surface area contributed by atoms with Gasteiger partial charge in [0.1, 0.15) is 0 Å². The molecule has 120 valence electrons. The maximum Gasteiger partial charge on any atom is 0.174 e. The second kappa shape index (κ2) is 5.15. The van der Waals surface area contributed by atoms with Crippen LogP contribution in [0.1, 0.15) is 60.3 Å². The molecule has 0 aliphatic heterocycles. The van der Waals surface area contributed by atoms with Gasteiger partial charge in [-0.3, -0.25) is 4.79 Å². The first kappa shape index (κ1) is 14.9. The van der Waals surface area contributed by atoms with Crippen LogP contribution in [0.5, 0.6) is 0 Å². The van der Waals surface area contributed by atoms with Crippen LogP contribution < -0.4 is 0 Å². The van der Waals surface area contributed by atoms with E-state index in [9.17, 15) is 4.79 Å². The van der Waals surface area contributed by atoms with E-state index in [0.29, 0.717) is 16.3 Å². The number of Topliss-reactive ketones (excluding diaryl/α,β-unsaturated/α-hetero) is 1.